The Morgan fingerprint density at radius 2 is 1.90 bits per heavy atom. The monoisotopic (exact) mass is 288 g/mol. The maximum Gasteiger partial charge on any atom is 0.356 e. The first kappa shape index (κ1) is 14.8. The van der Waals surface area contributed by atoms with Gasteiger partial charge in [-0.15, -0.1) is 0 Å². The molecule has 21 heavy (non-hydrogen) atoms. The molecule has 0 saturated carbocycles. The lowest BCUT2D eigenvalue weighted by Crippen LogP contribution is -2.10. The second kappa shape index (κ2) is 6.21. The van der Waals surface area contributed by atoms with Crippen LogP contribution in [0.2, 0.25) is 0 Å². The van der Waals surface area contributed by atoms with Crippen LogP contribution in [0.1, 0.15) is 46.3 Å². The molecule has 0 aliphatic carbocycles. The normalized spacial score (nSPS) is 10.5. The lowest BCUT2D eigenvalue weighted by molar-refractivity contribution is 0.0684. The lowest BCUT2D eigenvalue weighted by atomic mass is 10.1. The number of carboxylic acid groups (broad SMARTS) is 2. The summed E-state index contributed by atoms with van der Waals surface area (Å²) in [7, 11) is 0. The molecular weight excluding hydrogens is 272 g/mol. The zero-order valence-corrected chi connectivity index (χ0v) is 11.6. The molecule has 1 aromatic heterocycles. The lowest BCUT2D eigenvalue weighted by Gasteiger charge is -2.09. The molecule has 6 heteroatoms. The van der Waals surface area contributed by atoms with E-state index in [0.29, 0.717) is 17.8 Å². The molecule has 0 aliphatic heterocycles. The number of unbranched alkanes of at least 4 members (excludes halogenated alkanes) is 1. The summed E-state index contributed by atoms with van der Waals surface area (Å²) >= 11 is 0. The summed E-state index contributed by atoms with van der Waals surface area (Å²) in [4.78, 5) is 22.4. The highest BCUT2D eigenvalue weighted by atomic mass is 16.4. The van der Waals surface area contributed by atoms with Crippen LogP contribution >= 0.6 is 0 Å². The Morgan fingerprint density at radius 3 is 2.52 bits per heavy atom. The number of para-hydroxylation sites is 1. The van der Waals surface area contributed by atoms with Crippen molar-refractivity contribution in [2.75, 3.05) is 0 Å². The Morgan fingerprint density at radius 1 is 1.19 bits per heavy atom. The fourth-order valence-electron chi connectivity index (χ4n) is 2.11. The van der Waals surface area contributed by atoms with E-state index < -0.39 is 11.9 Å². The fraction of sp³-hybridized carbons (Fsp3) is 0.267. The molecule has 0 atom stereocenters. The maximum atomic E-state index is 11.3. The minimum atomic E-state index is -1.13. The highest BCUT2D eigenvalue weighted by Gasteiger charge is 2.18. The predicted octanol–water partition coefficient (Wildman–Crippen LogP) is 2.61. The fourth-order valence-corrected chi connectivity index (χ4v) is 2.11. The summed E-state index contributed by atoms with van der Waals surface area (Å²) in [6, 6.07) is 7.92. The van der Waals surface area contributed by atoms with Gasteiger partial charge in [0.25, 0.3) is 0 Å². The number of carboxylic acids is 2. The highest BCUT2D eigenvalue weighted by Crippen LogP contribution is 2.19. The van der Waals surface area contributed by atoms with Gasteiger partial charge in [0.05, 0.1) is 11.3 Å². The van der Waals surface area contributed by atoms with E-state index in [2.05, 4.69) is 5.10 Å². The summed E-state index contributed by atoms with van der Waals surface area (Å²) in [6.45, 7) is 2.03. The molecule has 0 fully saturated rings. The van der Waals surface area contributed by atoms with Crippen molar-refractivity contribution in [3.63, 3.8) is 0 Å². The quantitative estimate of drug-likeness (QED) is 0.852. The molecule has 0 unspecified atom stereocenters. The average Bonchev–Trinajstić information content (AvgIpc) is 2.89. The van der Waals surface area contributed by atoms with Gasteiger partial charge in [-0.2, -0.15) is 5.10 Å². The van der Waals surface area contributed by atoms with Crippen LogP contribution in [0.4, 0.5) is 0 Å². The van der Waals surface area contributed by atoms with Gasteiger partial charge in [-0.05, 0) is 31.0 Å². The van der Waals surface area contributed by atoms with Crippen molar-refractivity contribution in [1.82, 2.24) is 9.78 Å². The van der Waals surface area contributed by atoms with E-state index in [1.165, 1.54) is 16.8 Å². The average molecular weight is 288 g/mol. The van der Waals surface area contributed by atoms with E-state index in [4.69, 9.17) is 5.11 Å². The van der Waals surface area contributed by atoms with Gasteiger partial charge in [-0.3, -0.25) is 0 Å². The van der Waals surface area contributed by atoms with Crippen LogP contribution in [0, 0.1) is 0 Å². The molecule has 2 N–H and O–H groups in total. The number of nitrogens with zero attached hydrogens (tertiary/aromatic N) is 2. The number of aromatic carboxylic acids is 2. The van der Waals surface area contributed by atoms with Gasteiger partial charge >= 0.3 is 11.9 Å². The summed E-state index contributed by atoms with van der Waals surface area (Å²) in [6.07, 6.45) is 2.47. The first-order chi connectivity index (χ1) is 10.0. The summed E-state index contributed by atoms with van der Waals surface area (Å²) in [5, 5.41) is 22.4. The second-order valence-electron chi connectivity index (χ2n) is 4.66. The number of benzene rings is 1. The molecular formula is C15H16N2O4. The van der Waals surface area contributed by atoms with Gasteiger partial charge in [0.2, 0.25) is 0 Å². The van der Waals surface area contributed by atoms with Gasteiger partial charge < -0.3 is 10.2 Å². The van der Waals surface area contributed by atoms with Crippen LogP contribution in [0.15, 0.2) is 30.3 Å². The van der Waals surface area contributed by atoms with E-state index in [1.54, 1.807) is 18.2 Å². The zero-order chi connectivity index (χ0) is 15.4. The van der Waals surface area contributed by atoms with Crippen molar-refractivity contribution >= 4 is 11.9 Å². The predicted molar refractivity (Wildman–Crippen MR) is 76.1 cm³/mol. The highest BCUT2D eigenvalue weighted by molar-refractivity contribution is 5.92. The van der Waals surface area contributed by atoms with E-state index in [0.717, 1.165) is 12.8 Å². The van der Waals surface area contributed by atoms with Gasteiger partial charge in [-0.25, -0.2) is 14.3 Å². The third-order valence-corrected chi connectivity index (χ3v) is 3.15. The van der Waals surface area contributed by atoms with Crippen molar-refractivity contribution in [1.29, 1.82) is 0 Å². The van der Waals surface area contributed by atoms with Crippen molar-refractivity contribution < 1.29 is 19.8 Å². The molecule has 0 radical (unpaired) electrons. The molecule has 110 valence electrons. The van der Waals surface area contributed by atoms with Crippen LogP contribution < -0.4 is 0 Å². The molecule has 0 saturated heterocycles. The smallest absolute Gasteiger partial charge is 0.356 e. The molecule has 2 aromatic rings. The van der Waals surface area contributed by atoms with Crippen LogP contribution in [0.3, 0.4) is 0 Å². The van der Waals surface area contributed by atoms with E-state index >= 15 is 0 Å². The van der Waals surface area contributed by atoms with Crippen LogP contribution in [0.25, 0.3) is 5.69 Å². The molecule has 0 spiro atoms. The van der Waals surface area contributed by atoms with E-state index in [-0.39, 0.29) is 11.3 Å². The maximum absolute atomic E-state index is 11.3. The standard InChI is InChI=1S/C15H16N2O4/c1-2-3-6-10-9-12(15(20)21)16-17(10)13-8-5-4-7-11(13)14(18)19/h4-5,7-9H,2-3,6H2,1H3,(H,18,19)(H,20,21). The van der Waals surface area contributed by atoms with Gasteiger partial charge in [0.1, 0.15) is 0 Å². The Kier molecular flexibility index (Phi) is 4.37. The van der Waals surface area contributed by atoms with Crippen molar-refractivity contribution in [2.45, 2.75) is 26.2 Å². The third kappa shape index (κ3) is 3.10. The summed E-state index contributed by atoms with van der Waals surface area (Å²) in [5.41, 5.74) is 1.09. The molecule has 0 amide bonds. The van der Waals surface area contributed by atoms with Crippen LogP contribution in [-0.4, -0.2) is 31.9 Å². The van der Waals surface area contributed by atoms with Gasteiger partial charge in [0, 0.05) is 5.69 Å². The molecule has 0 aliphatic rings. The van der Waals surface area contributed by atoms with Crippen molar-refractivity contribution in [3.8, 4) is 5.69 Å². The third-order valence-electron chi connectivity index (χ3n) is 3.15. The topological polar surface area (TPSA) is 92.4 Å². The first-order valence-electron chi connectivity index (χ1n) is 6.69. The van der Waals surface area contributed by atoms with E-state index in [1.807, 2.05) is 6.92 Å². The Bertz CT molecular complexity index is 676. The Hall–Kier alpha value is -2.63. The van der Waals surface area contributed by atoms with Crippen molar-refractivity contribution in [2.24, 2.45) is 0 Å². The van der Waals surface area contributed by atoms with E-state index in [9.17, 15) is 14.7 Å². The number of aromatic nitrogens is 2. The van der Waals surface area contributed by atoms with Crippen LogP contribution in [0.5, 0.6) is 0 Å². The zero-order valence-electron chi connectivity index (χ0n) is 11.6. The first-order valence-corrected chi connectivity index (χ1v) is 6.69. The van der Waals surface area contributed by atoms with Gasteiger partial charge in [0.15, 0.2) is 5.69 Å². The van der Waals surface area contributed by atoms with Crippen LogP contribution in [-0.2, 0) is 6.42 Å². The molecule has 2 rings (SSSR count). The number of carbonyl (C=O) groups is 2. The summed E-state index contributed by atoms with van der Waals surface area (Å²) < 4.78 is 1.42. The minimum absolute atomic E-state index is 0.0821. The Balaban J connectivity index is 2.56. The number of rotatable bonds is 6. The molecule has 1 heterocycles. The molecule has 6 nitrogen and oxygen atoms in total. The Labute approximate surface area is 121 Å². The SMILES string of the molecule is CCCCc1cc(C(=O)O)nn1-c1ccccc1C(=O)O. The molecule has 0 bridgehead atoms. The summed E-state index contributed by atoms with van der Waals surface area (Å²) in [5.74, 6) is -2.20. The molecule has 1 aromatic carbocycles. The number of hydrogen-bond acceptors (Lipinski definition) is 3. The van der Waals surface area contributed by atoms with Crippen molar-refractivity contribution in [3.05, 3.63) is 47.3 Å². The number of hydrogen-bond donors (Lipinski definition) is 2. The van der Waals surface area contributed by atoms with Gasteiger partial charge in [-0.1, -0.05) is 25.5 Å². The number of aryl methyl sites for hydroxylation is 1. The second-order valence-corrected chi connectivity index (χ2v) is 4.66. The largest absolute Gasteiger partial charge is 0.478 e. The minimum Gasteiger partial charge on any atom is -0.478 e.